The van der Waals surface area contributed by atoms with Crippen LogP contribution in [0.25, 0.3) is 0 Å². The lowest BCUT2D eigenvalue weighted by atomic mass is 9.99. The largest absolute Gasteiger partial charge is 0.301 e. The Kier molecular flexibility index (Phi) is 4.79. The summed E-state index contributed by atoms with van der Waals surface area (Å²) in [5, 5.41) is 3.19. The van der Waals surface area contributed by atoms with Crippen LogP contribution in [-0.2, 0) is 4.79 Å². The number of nitrogens with one attached hydrogen (secondary N) is 1. The molecular weight excluding hydrogens is 186 g/mol. The van der Waals surface area contributed by atoms with Crippen molar-refractivity contribution in [1.29, 1.82) is 0 Å². The summed E-state index contributed by atoms with van der Waals surface area (Å²) in [5.74, 6) is 0.548. The highest BCUT2D eigenvalue weighted by atomic mass is 35.5. The molecule has 13 heavy (non-hydrogen) atoms. The molecule has 0 aromatic carbocycles. The predicted octanol–water partition coefficient (Wildman–Crippen LogP) is 1.86. The molecule has 0 radical (unpaired) electrons. The maximum Gasteiger partial charge on any atom is 0.142 e. The van der Waals surface area contributed by atoms with Crippen LogP contribution >= 0.6 is 11.6 Å². The van der Waals surface area contributed by atoms with Crippen LogP contribution in [0, 0.1) is 5.92 Å². The summed E-state index contributed by atoms with van der Waals surface area (Å²) in [6, 6.07) is 0. The SMILES string of the molecule is O=C/C=C/C=C/C1CCC(Cl)NC1. The molecule has 0 aromatic rings. The highest BCUT2D eigenvalue weighted by molar-refractivity contribution is 6.20. The van der Waals surface area contributed by atoms with Crippen LogP contribution in [0.4, 0.5) is 0 Å². The zero-order valence-electron chi connectivity index (χ0n) is 7.45. The molecule has 1 heterocycles. The second kappa shape index (κ2) is 5.95. The van der Waals surface area contributed by atoms with Gasteiger partial charge >= 0.3 is 0 Å². The number of carbonyl (C=O) groups is 1. The maximum atomic E-state index is 9.95. The number of piperidine rings is 1. The molecule has 0 saturated carbocycles. The van der Waals surface area contributed by atoms with Crippen molar-refractivity contribution in [3.63, 3.8) is 0 Å². The van der Waals surface area contributed by atoms with Crippen molar-refractivity contribution in [3.05, 3.63) is 24.3 Å². The Hall–Kier alpha value is -0.600. The zero-order chi connectivity index (χ0) is 9.52. The van der Waals surface area contributed by atoms with Crippen molar-refractivity contribution < 1.29 is 4.79 Å². The lowest BCUT2D eigenvalue weighted by Gasteiger charge is -2.23. The molecule has 0 bridgehead atoms. The number of rotatable bonds is 3. The molecular formula is C10H14ClNO. The summed E-state index contributed by atoms with van der Waals surface area (Å²) in [6.45, 7) is 0.930. The van der Waals surface area contributed by atoms with Gasteiger partial charge in [-0.1, -0.05) is 18.2 Å². The van der Waals surface area contributed by atoms with E-state index in [0.717, 1.165) is 25.7 Å². The number of hydrogen-bond donors (Lipinski definition) is 1. The standard InChI is InChI=1S/C10H14ClNO/c11-10-6-5-9(8-12-10)4-2-1-3-7-13/h1-4,7,9-10,12H,5-6,8H2/b3-1+,4-2+. The number of allylic oxidation sites excluding steroid dienone is 3. The highest BCUT2D eigenvalue weighted by Crippen LogP contribution is 2.17. The van der Waals surface area contributed by atoms with Crippen molar-refractivity contribution >= 4 is 17.9 Å². The van der Waals surface area contributed by atoms with Gasteiger partial charge < -0.3 is 5.32 Å². The fourth-order valence-corrected chi connectivity index (χ4v) is 1.55. The van der Waals surface area contributed by atoms with Crippen LogP contribution in [0.15, 0.2) is 24.3 Å². The van der Waals surface area contributed by atoms with E-state index in [2.05, 4.69) is 11.4 Å². The summed E-state index contributed by atoms with van der Waals surface area (Å²) >= 11 is 5.87. The maximum absolute atomic E-state index is 9.95. The fraction of sp³-hybridized carbons (Fsp3) is 0.500. The third-order valence-corrected chi connectivity index (χ3v) is 2.45. The Bertz CT molecular complexity index is 205. The summed E-state index contributed by atoms with van der Waals surface area (Å²) in [4.78, 5) is 9.95. The van der Waals surface area contributed by atoms with Crippen molar-refractivity contribution in [1.82, 2.24) is 5.32 Å². The minimum absolute atomic E-state index is 0.134. The van der Waals surface area contributed by atoms with Crippen molar-refractivity contribution in [3.8, 4) is 0 Å². The number of hydrogen-bond acceptors (Lipinski definition) is 2. The molecule has 1 aliphatic heterocycles. The molecule has 0 spiro atoms. The van der Waals surface area contributed by atoms with Gasteiger partial charge in [-0.05, 0) is 24.8 Å². The van der Waals surface area contributed by atoms with E-state index in [1.807, 2.05) is 6.08 Å². The monoisotopic (exact) mass is 199 g/mol. The normalized spacial score (nSPS) is 29.9. The number of halogens is 1. The first-order valence-electron chi connectivity index (χ1n) is 4.49. The van der Waals surface area contributed by atoms with E-state index in [1.54, 1.807) is 6.08 Å². The lowest BCUT2D eigenvalue weighted by Crippen LogP contribution is -2.34. The number of aldehydes is 1. The Labute approximate surface area is 83.7 Å². The molecule has 1 N–H and O–H groups in total. The molecule has 0 amide bonds. The Morgan fingerprint density at radius 2 is 2.08 bits per heavy atom. The van der Waals surface area contributed by atoms with Crippen LogP contribution in [-0.4, -0.2) is 18.3 Å². The van der Waals surface area contributed by atoms with Gasteiger partial charge in [0, 0.05) is 6.54 Å². The second-order valence-corrected chi connectivity index (χ2v) is 3.65. The first kappa shape index (κ1) is 10.5. The molecule has 0 aromatic heterocycles. The van der Waals surface area contributed by atoms with Crippen molar-refractivity contribution in [2.75, 3.05) is 6.54 Å². The van der Waals surface area contributed by atoms with Gasteiger partial charge in [-0.25, -0.2) is 0 Å². The van der Waals surface area contributed by atoms with E-state index in [1.165, 1.54) is 6.08 Å². The van der Waals surface area contributed by atoms with E-state index < -0.39 is 0 Å². The summed E-state index contributed by atoms with van der Waals surface area (Å²) in [7, 11) is 0. The third kappa shape index (κ3) is 4.25. The van der Waals surface area contributed by atoms with E-state index in [0.29, 0.717) is 5.92 Å². The van der Waals surface area contributed by atoms with E-state index in [-0.39, 0.29) is 5.50 Å². The molecule has 1 fully saturated rings. The van der Waals surface area contributed by atoms with Gasteiger partial charge in [-0.2, -0.15) is 0 Å². The molecule has 3 heteroatoms. The lowest BCUT2D eigenvalue weighted by molar-refractivity contribution is -0.104. The average Bonchev–Trinajstić information content (AvgIpc) is 2.15. The van der Waals surface area contributed by atoms with Gasteiger partial charge in [-0.15, -0.1) is 11.6 Å². The van der Waals surface area contributed by atoms with Gasteiger partial charge in [0.25, 0.3) is 0 Å². The minimum atomic E-state index is 0.134. The predicted molar refractivity (Wildman–Crippen MR) is 54.7 cm³/mol. The number of carbonyl (C=O) groups excluding carboxylic acids is 1. The van der Waals surface area contributed by atoms with Gasteiger partial charge in [0.15, 0.2) is 0 Å². The van der Waals surface area contributed by atoms with E-state index in [4.69, 9.17) is 11.6 Å². The van der Waals surface area contributed by atoms with Crippen LogP contribution < -0.4 is 5.32 Å². The molecule has 1 rings (SSSR count). The van der Waals surface area contributed by atoms with Crippen LogP contribution in [0.1, 0.15) is 12.8 Å². The first-order chi connectivity index (χ1) is 6.33. The molecule has 2 atom stereocenters. The molecule has 0 aliphatic carbocycles. The van der Waals surface area contributed by atoms with Gasteiger partial charge in [0.05, 0.1) is 5.50 Å². The van der Waals surface area contributed by atoms with Crippen molar-refractivity contribution in [2.24, 2.45) is 5.92 Å². The van der Waals surface area contributed by atoms with E-state index in [9.17, 15) is 4.79 Å². The van der Waals surface area contributed by atoms with Crippen LogP contribution in [0.3, 0.4) is 0 Å². The van der Waals surface area contributed by atoms with Gasteiger partial charge in [0.2, 0.25) is 0 Å². The van der Waals surface area contributed by atoms with Crippen LogP contribution in [0.5, 0.6) is 0 Å². The molecule has 2 unspecified atom stereocenters. The molecule has 2 nitrogen and oxygen atoms in total. The third-order valence-electron chi connectivity index (χ3n) is 2.08. The Morgan fingerprint density at radius 1 is 1.23 bits per heavy atom. The number of alkyl halides is 1. The first-order valence-corrected chi connectivity index (χ1v) is 4.92. The zero-order valence-corrected chi connectivity index (χ0v) is 8.20. The van der Waals surface area contributed by atoms with Gasteiger partial charge in [-0.3, -0.25) is 4.79 Å². The van der Waals surface area contributed by atoms with Crippen molar-refractivity contribution in [2.45, 2.75) is 18.3 Å². The molecule has 1 saturated heterocycles. The smallest absolute Gasteiger partial charge is 0.142 e. The average molecular weight is 200 g/mol. The minimum Gasteiger partial charge on any atom is -0.301 e. The van der Waals surface area contributed by atoms with Gasteiger partial charge in [0.1, 0.15) is 6.29 Å². The molecule has 72 valence electrons. The topological polar surface area (TPSA) is 29.1 Å². The summed E-state index contributed by atoms with van der Waals surface area (Å²) in [5.41, 5.74) is 0.134. The fourth-order valence-electron chi connectivity index (χ4n) is 1.34. The van der Waals surface area contributed by atoms with E-state index >= 15 is 0 Å². The second-order valence-electron chi connectivity index (χ2n) is 3.12. The summed E-state index contributed by atoms with van der Waals surface area (Å²) < 4.78 is 0. The quantitative estimate of drug-likeness (QED) is 0.247. The molecule has 1 aliphatic rings. The Morgan fingerprint density at radius 3 is 2.69 bits per heavy atom. The van der Waals surface area contributed by atoms with Crippen LogP contribution in [0.2, 0.25) is 0 Å². The Balaban J connectivity index is 2.25. The highest BCUT2D eigenvalue weighted by Gasteiger charge is 2.15. The summed E-state index contributed by atoms with van der Waals surface area (Å²) in [6.07, 6.45) is 10.2.